The van der Waals surface area contributed by atoms with Crippen LogP contribution < -0.4 is 11.1 Å². The van der Waals surface area contributed by atoms with E-state index >= 15 is 0 Å². The zero-order valence-corrected chi connectivity index (χ0v) is 13.7. The van der Waals surface area contributed by atoms with Crippen molar-refractivity contribution in [1.82, 2.24) is 15.1 Å². The van der Waals surface area contributed by atoms with Gasteiger partial charge < -0.3 is 11.1 Å². The van der Waals surface area contributed by atoms with Crippen molar-refractivity contribution in [3.63, 3.8) is 0 Å². The molecule has 0 aromatic carbocycles. The molecule has 112 valence electrons. The molecule has 5 nitrogen and oxygen atoms in total. The molecule has 3 N–H and O–H groups in total. The number of carbonyl (C=O) groups is 1. The molecular formula is C14H23BrN4O. The van der Waals surface area contributed by atoms with Gasteiger partial charge in [-0.15, -0.1) is 0 Å². The Hall–Kier alpha value is -0.880. The quantitative estimate of drug-likeness (QED) is 0.857. The number of nitrogens with zero attached hydrogens (tertiary/aromatic N) is 2. The van der Waals surface area contributed by atoms with E-state index in [1.165, 1.54) is 5.69 Å². The molecule has 6 heteroatoms. The van der Waals surface area contributed by atoms with Crippen molar-refractivity contribution in [1.29, 1.82) is 0 Å². The van der Waals surface area contributed by atoms with Gasteiger partial charge in [-0.2, -0.15) is 5.10 Å². The number of hydrogen-bond acceptors (Lipinski definition) is 3. The summed E-state index contributed by atoms with van der Waals surface area (Å²) in [5.41, 5.74) is 7.64. The maximum atomic E-state index is 11.1. The van der Waals surface area contributed by atoms with E-state index in [0.717, 1.165) is 48.8 Å². The largest absolute Gasteiger partial charge is 0.369 e. The minimum Gasteiger partial charge on any atom is -0.369 e. The Balaban J connectivity index is 1.88. The molecule has 0 aliphatic heterocycles. The molecule has 0 radical (unpaired) electrons. The lowest BCUT2D eigenvalue weighted by Gasteiger charge is -2.27. The number of nitrogens with two attached hydrogens (primary N) is 1. The highest BCUT2D eigenvalue weighted by Gasteiger charge is 2.24. The maximum Gasteiger partial charge on any atom is 0.220 e. The van der Waals surface area contributed by atoms with Gasteiger partial charge in [0.1, 0.15) is 0 Å². The number of aromatic nitrogens is 2. The van der Waals surface area contributed by atoms with Crippen LogP contribution in [-0.4, -0.2) is 21.7 Å². The molecule has 1 aromatic rings. The van der Waals surface area contributed by atoms with Crippen LogP contribution in [0.3, 0.4) is 0 Å². The van der Waals surface area contributed by atoms with Crippen LogP contribution in [0.4, 0.5) is 0 Å². The molecule has 1 saturated carbocycles. The molecule has 0 unspecified atom stereocenters. The van der Waals surface area contributed by atoms with Gasteiger partial charge in [-0.25, -0.2) is 0 Å². The van der Waals surface area contributed by atoms with Crippen molar-refractivity contribution >= 4 is 21.8 Å². The maximum absolute atomic E-state index is 11.1. The molecule has 1 fully saturated rings. The Bertz CT molecular complexity index is 478. The number of nitrogens with one attached hydrogen (secondary N) is 1. The van der Waals surface area contributed by atoms with Crippen molar-refractivity contribution in [3.8, 4) is 0 Å². The van der Waals surface area contributed by atoms with Crippen molar-refractivity contribution < 1.29 is 4.79 Å². The van der Waals surface area contributed by atoms with E-state index in [1.54, 1.807) is 0 Å². The Morgan fingerprint density at radius 1 is 1.45 bits per heavy atom. The second-order valence-corrected chi connectivity index (χ2v) is 6.31. The Morgan fingerprint density at radius 2 is 2.10 bits per heavy atom. The fourth-order valence-electron chi connectivity index (χ4n) is 2.83. The molecule has 0 spiro atoms. The number of hydrogen-bond donors (Lipinski definition) is 2. The molecule has 1 heterocycles. The van der Waals surface area contributed by atoms with Crippen LogP contribution in [0.25, 0.3) is 0 Å². The molecule has 1 aliphatic carbocycles. The molecule has 20 heavy (non-hydrogen) atoms. The van der Waals surface area contributed by atoms with Crippen molar-refractivity contribution in [2.24, 2.45) is 18.7 Å². The summed E-state index contributed by atoms with van der Waals surface area (Å²) in [7, 11) is 1.98. The summed E-state index contributed by atoms with van der Waals surface area (Å²) in [6.45, 7) is 2.91. The highest BCUT2D eigenvalue weighted by molar-refractivity contribution is 9.10. The number of aryl methyl sites for hydroxylation is 2. The second kappa shape index (κ2) is 6.72. The molecule has 1 aromatic heterocycles. The predicted molar refractivity (Wildman–Crippen MR) is 82.1 cm³/mol. The van der Waals surface area contributed by atoms with Crippen LogP contribution in [0.15, 0.2) is 4.47 Å². The number of rotatable bonds is 5. The fourth-order valence-corrected chi connectivity index (χ4v) is 3.59. The summed E-state index contributed by atoms with van der Waals surface area (Å²) in [6.07, 6.45) is 4.77. The Morgan fingerprint density at radius 3 is 2.60 bits per heavy atom. The summed E-state index contributed by atoms with van der Waals surface area (Å²) in [5.74, 6) is -0.0754. The first-order chi connectivity index (χ1) is 9.52. The monoisotopic (exact) mass is 342 g/mol. The van der Waals surface area contributed by atoms with Crippen LogP contribution in [0.1, 0.15) is 44.0 Å². The summed E-state index contributed by atoms with van der Waals surface area (Å²) < 4.78 is 3.05. The van der Waals surface area contributed by atoms with Crippen LogP contribution in [0, 0.1) is 5.92 Å². The van der Waals surface area contributed by atoms with Gasteiger partial charge in [-0.3, -0.25) is 9.48 Å². The fraction of sp³-hybridized carbons (Fsp3) is 0.714. The van der Waals surface area contributed by atoms with Gasteiger partial charge in [-0.1, -0.05) is 6.92 Å². The topological polar surface area (TPSA) is 72.9 Å². The van der Waals surface area contributed by atoms with Gasteiger partial charge in [0.25, 0.3) is 0 Å². The lowest BCUT2D eigenvalue weighted by molar-refractivity contribution is -0.122. The van der Waals surface area contributed by atoms with Gasteiger partial charge in [0, 0.05) is 25.6 Å². The summed E-state index contributed by atoms with van der Waals surface area (Å²) in [6, 6.07) is 0.470. The average molecular weight is 343 g/mol. The normalized spacial score (nSPS) is 22.9. The SMILES string of the molecule is CCc1nn(C)c(CNC2CCC(C(N)=O)CC2)c1Br. The third kappa shape index (κ3) is 3.41. The van der Waals surface area contributed by atoms with Gasteiger partial charge in [0.05, 0.1) is 15.9 Å². The van der Waals surface area contributed by atoms with Crippen molar-refractivity contribution in [2.75, 3.05) is 0 Å². The predicted octanol–water partition coefficient (Wildman–Crippen LogP) is 1.88. The van der Waals surface area contributed by atoms with Gasteiger partial charge >= 0.3 is 0 Å². The van der Waals surface area contributed by atoms with E-state index in [9.17, 15) is 4.79 Å². The number of carbonyl (C=O) groups excluding carboxylic acids is 1. The first kappa shape index (κ1) is 15.5. The Kier molecular flexibility index (Phi) is 5.21. The lowest BCUT2D eigenvalue weighted by atomic mass is 9.85. The minimum absolute atomic E-state index is 0.0724. The van der Waals surface area contributed by atoms with E-state index in [-0.39, 0.29) is 11.8 Å². The zero-order valence-electron chi connectivity index (χ0n) is 12.2. The highest BCUT2D eigenvalue weighted by atomic mass is 79.9. The molecular weight excluding hydrogens is 320 g/mol. The van der Waals surface area contributed by atoms with Gasteiger partial charge in [-0.05, 0) is 48.0 Å². The van der Waals surface area contributed by atoms with Crippen molar-refractivity contribution in [3.05, 3.63) is 15.9 Å². The molecule has 0 atom stereocenters. The van der Waals surface area contributed by atoms with Gasteiger partial charge in [0.15, 0.2) is 0 Å². The number of primary amides is 1. The highest BCUT2D eigenvalue weighted by Crippen LogP contribution is 2.25. The van der Waals surface area contributed by atoms with Crippen LogP contribution in [0.2, 0.25) is 0 Å². The zero-order chi connectivity index (χ0) is 14.7. The van der Waals surface area contributed by atoms with Crippen LogP contribution in [0.5, 0.6) is 0 Å². The smallest absolute Gasteiger partial charge is 0.220 e. The van der Waals surface area contributed by atoms with E-state index in [2.05, 4.69) is 33.3 Å². The third-order valence-electron chi connectivity index (χ3n) is 4.19. The summed E-state index contributed by atoms with van der Waals surface area (Å²) in [5, 5.41) is 8.07. The minimum atomic E-state index is -0.148. The van der Waals surface area contributed by atoms with E-state index in [0.29, 0.717) is 6.04 Å². The second-order valence-electron chi connectivity index (χ2n) is 5.52. The van der Waals surface area contributed by atoms with E-state index in [1.807, 2.05) is 11.7 Å². The van der Waals surface area contributed by atoms with Gasteiger partial charge in [0.2, 0.25) is 5.91 Å². The third-order valence-corrected chi connectivity index (χ3v) is 5.11. The molecule has 2 rings (SSSR count). The molecule has 0 saturated heterocycles. The lowest BCUT2D eigenvalue weighted by Crippen LogP contribution is -2.36. The van der Waals surface area contributed by atoms with Crippen molar-refractivity contribution in [2.45, 2.75) is 51.6 Å². The first-order valence-electron chi connectivity index (χ1n) is 7.25. The molecule has 1 amide bonds. The standard InChI is InChI=1S/C14H23BrN4O/c1-3-11-13(15)12(19(2)18-11)8-17-10-6-4-9(5-7-10)14(16)20/h9-10,17H,3-8H2,1-2H3,(H2,16,20). The van der Waals surface area contributed by atoms with E-state index in [4.69, 9.17) is 5.73 Å². The average Bonchev–Trinajstić information content (AvgIpc) is 2.71. The number of amides is 1. The molecule has 0 bridgehead atoms. The van der Waals surface area contributed by atoms with Crippen LogP contribution in [-0.2, 0) is 24.8 Å². The molecule has 1 aliphatic rings. The summed E-state index contributed by atoms with van der Waals surface area (Å²) >= 11 is 3.63. The first-order valence-corrected chi connectivity index (χ1v) is 8.05. The number of halogens is 1. The summed E-state index contributed by atoms with van der Waals surface area (Å²) in [4.78, 5) is 11.1. The Labute approximate surface area is 128 Å². The van der Waals surface area contributed by atoms with E-state index < -0.39 is 0 Å². The van der Waals surface area contributed by atoms with Crippen LogP contribution >= 0.6 is 15.9 Å².